The summed E-state index contributed by atoms with van der Waals surface area (Å²) in [7, 11) is 0. The molecule has 32 heavy (non-hydrogen) atoms. The average molecular weight is 446 g/mol. The number of hydrogen-bond donors (Lipinski definition) is 0. The second-order valence-electron chi connectivity index (χ2n) is 7.98. The summed E-state index contributed by atoms with van der Waals surface area (Å²) in [5.41, 5.74) is -1.53. The van der Waals surface area contributed by atoms with Gasteiger partial charge in [-0.3, -0.25) is 39.2 Å². The van der Waals surface area contributed by atoms with Crippen LogP contribution in [0.25, 0.3) is 0 Å². The lowest BCUT2D eigenvalue weighted by molar-refractivity contribution is -0.384. The van der Waals surface area contributed by atoms with Crippen LogP contribution in [0, 0.1) is 10.1 Å². The maximum atomic E-state index is 13.5. The van der Waals surface area contributed by atoms with Gasteiger partial charge in [0, 0.05) is 30.8 Å². The first-order valence-electron chi connectivity index (χ1n) is 10.5. The highest BCUT2D eigenvalue weighted by molar-refractivity contribution is 6.12. The predicted octanol–water partition coefficient (Wildman–Crippen LogP) is 1.52. The number of nitrogens with zero attached hydrogens (tertiary/aromatic N) is 4. The number of hydrogen-bond acceptors (Lipinski definition) is 8. The van der Waals surface area contributed by atoms with Crippen molar-refractivity contribution in [1.82, 2.24) is 14.9 Å². The lowest BCUT2D eigenvalue weighted by Crippen LogP contribution is -2.62. The second-order valence-corrected chi connectivity index (χ2v) is 7.98. The van der Waals surface area contributed by atoms with Crippen LogP contribution in [0.5, 0.6) is 0 Å². The minimum atomic E-state index is -1.53. The van der Waals surface area contributed by atoms with Gasteiger partial charge in [-0.25, -0.2) is 5.01 Å². The summed E-state index contributed by atoms with van der Waals surface area (Å²) in [5.74, 6) is -2.46. The summed E-state index contributed by atoms with van der Waals surface area (Å²) in [4.78, 5) is 62.7. The third kappa shape index (κ3) is 4.47. The van der Waals surface area contributed by atoms with Gasteiger partial charge in [0.15, 0.2) is 0 Å². The Hall–Kier alpha value is -3.34. The van der Waals surface area contributed by atoms with Gasteiger partial charge in [-0.1, -0.05) is 6.42 Å². The van der Waals surface area contributed by atoms with Crippen molar-refractivity contribution in [2.75, 3.05) is 26.2 Å². The van der Waals surface area contributed by atoms with Gasteiger partial charge >= 0.3 is 5.97 Å². The SMILES string of the molecule is CCOC(=O)CN1C(=O)CC(C)(N(C(=O)c2ccc([N+](=O)[O-])cc2)N2CCCCC2)C1=O. The lowest BCUT2D eigenvalue weighted by Gasteiger charge is -2.45. The number of hydrazine groups is 1. The van der Waals surface area contributed by atoms with Gasteiger partial charge in [-0.2, -0.15) is 0 Å². The quantitative estimate of drug-likeness (QED) is 0.267. The highest BCUT2D eigenvalue weighted by Gasteiger charge is 2.56. The molecule has 11 heteroatoms. The number of imide groups is 1. The van der Waals surface area contributed by atoms with Gasteiger partial charge < -0.3 is 4.74 Å². The van der Waals surface area contributed by atoms with Crippen molar-refractivity contribution in [3.8, 4) is 0 Å². The molecule has 0 spiro atoms. The minimum absolute atomic E-state index is 0.116. The highest BCUT2D eigenvalue weighted by Crippen LogP contribution is 2.34. The molecule has 172 valence electrons. The minimum Gasteiger partial charge on any atom is -0.465 e. The van der Waals surface area contributed by atoms with E-state index in [9.17, 15) is 29.3 Å². The largest absolute Gasteiger partial charge is 0.465 e. The monoisotopic (exact) mass is 446 g/mol. The topological polar surface area (TPSA) is 130 Å². The summed E-state index contributed by atoms with van der Waals surface area (Å²) in [6.45, 7) is 3.78. The molecule has 0 radical (unpaired) electrons. The fraction of sp³-hybridized carbons (Fsp3) is 0.524. The highest BCUT2D eigenvalue weighted by atomic mass is 16.6. The van der Waals surface area contributed by atoms with Crippen LogP contribution in [0.15, 0.2) is 24.3 Å². The summed E-state index contributed by atoms with van der Waals surface area (Å²) in [6, 6.07) is 5.11. The van der Waals surface area contributed by atoms with Crippen LogP contribution in [0.1, 0.15) is 49.9 Å². The zero-order chi connectivity index (χ0) is 23.5. The molecule has 2 aliphatic rings. The van der Waals surface area contributed by atoms with Crippen molar-refractivity contribution in [2.45, 2.75) is 45.1 Å². The molecule has 1 atom stereocenters. The molecule has 1 unspecified atom stereocenters. The number of carbonyl (C=O) groups excluding carboxylic acids is 4. The van der Waals surface area contributed by atoms with Crippen LogP contribution in [0.4, 0.5) is 5.69 Å². The summed E-state index contributed by atoms with van der Waals surface area (Å²) in [6.07, 6.45) is 2.33. The van der Waals surface area contributed by atoms with Crippen LogP contribution in [-0.2, 0) is 19.1 Å². The zero-order valence-electron chi connectivity index (χ0n) is 18.1. The van der Waals surface area contributed by atoms with E-state index in [1.165, 1.54) is 36.2 Å². The average Bonchev–Trinajstić information content (AvgIpc) is 2.98. The van der Waals surface area contributed by atoms with E-state index in [2.05, 4.69) is 0 Å². The van der Waals surface area contributed by atoms with E-state index < -0.39 is 40.7 Å². The molecule has 11 nitrogen and oxygen atoms in total. The van der Waals surface area contributed by atoms with Gasteiger partial charge in [0.05, 0.1) is 18.0 Å². The third-order valence-electron chi connectivity index (χ3n) is 5.70. The number of likely N-dealkylation sites (tertiary alicyclic amines) is 1. The molecule has 1 aromatic carbocycles. The van der Waals surface area contributed by atoms with E-state index in [4.69, 9.17) is 4.74 Å². The van der Waals surface area contributed by atoms with E-state index >= 15 is 0 Å². The molecule has 3 rings (SSSR count). The van der Waals surface area contributed by atoms with Crippen LogP contribution < -0.4 is 0 Å². The molecule has 1 aromatic rings. The number of nitro benzene ring substituents is 1. The number of non-ortho nitro benzene ring substituents is 1. The predicted molar refractivity (Wildman–Crippen MR) is 111 cm³/mol. The van der Waals surface area contributed by atoms with Crippen LogP contribution >= 0.6 is 0 Å². The van der Waals surface area contributed by atoms with Crippen molar-refractivity contribution in [2.24, 2.45) is 0 Å². The van der Waals surface area contributed by atoms with Crippen LogP contribution in [0.3, 0.4) is 0 Å². The molecule has 2 fully saturated rings. The van der Waals surface area contributed by atoms with Crippen LogP contribution in [-0.4, -0.2) is 75.3 Å². The summed E-state index contributed by atoms with van der Waals surface area (Å²) in [5, 5.41) is 14.0. The van der Waals surface area contributed by atoms with Crippen LogP contribution in [0.2, 0.25) is 0 Å². The van der Waals surface area contributed by atoms with E-state index in [1.54, 1.807) is 11.9 Å². The standard InChI is InChI=1S/C21H26N4O7/c1-3-32-18(27)14-23-17(26)13-21(2,20(23)29)24(22-11-5-4-6-12-22)19(28)15-7-9-16(10-8-15)25(30)31/h7-10H,3-6,11-14H2,1-2H3. The molecule has 0 N–H and O–H groups in total. The fourth-order valence-corrected chi connectivity index (χ4v) is 4.12. The summed E-state index contributed by atoms with van der Waals surface area (Å²) >= 11 is 0. The Balaban J connectivity index is 1.95. The third-order valence-corrected chi connectivity index (χ3v) is 5.70. The number of ether oxygens (including phenoxy) is 1. The van der Waals surface area contributed by atoms with E-state index in [-0.39, 0.29) is 24.3 Å². The molecule has 2 aliphatic heterocycles. The fourth-order valence-electron chi connectivity index (χ4n) is 4.12. The molecule has 0 saturated carbocycles. The molecule has 3 amide bonds. The Kier molecular flexibility index (Phi) is 6.87. The van der Waals surface area contributed by atoms with Crippen molar-refractivity contribution in [1.29, 1.82) is 0 Å². The second kappa shape index (κ2) is 9.43. The van der Waals surface area contributed by atoms with E-state index in [0.717, 1.165) is 24.2 Å². The Bertz CT molecular complexity index is 927. The van der Waals surface area contributed by atoms with Gasteiger partial charge in [0.25, 0.3) is 17.5 Å². The van der Waals surface area contributed by atoms with Gasteiger partial charge in [-0.05, 0) is 38.8 Å². The number of benzene rings is 1. The molecule has 0 aliphatic carbocycles. The Morgan fingerprint density at radius 2 is 1.78 bits per heavy atom. The molecule has 0 aromatic heterocycles. The number of nitro groups is 1. The normalized spacial score (nSPS) is 21.5. The van der Waals surface area contributed by atoms with E-state index in [0.29, 0.717) is 13.1 Å². The number of piperidine rings is 1. The van der Waals surface area contributed by atoms with Crippen molar-refractivity contribution in [3.63, 3.8) is 0 Å². The molecule has 0 bridgehead atoms. The number of rotatable bonds is 7. The maximum absolute atomic E-state index is 13.5. The lowest BCUT2D eigenvalue weighted by atomic mass is 9.97. The van der Waals surface area contributed by atoms with Gasteiger partial charge in [0.2, 0.25) is 5.91 Å². The van der Waals surface area contributed by atoms with Gasteiger partial charge in [-0.15, -0.1) is 0 Å². The van der Waals surface area contributed by atoms with Crippen molar-refractivity contribution in [3.05, 3.63) is 39.9 Å². The number of amides is 3. The van der Waals surface area contributed by atoms with E-state index in [1.807, 2.05) is 0 Å². The smallest absolute Gasteiger partial charge is 0.326 e. The first-order valence-corrected chi connectivity index (χ1v) is 10.5. The Morgan fingerprint density at radius 3 is 2.34 bits per heavy atom. The molecule has 2 saturated heterocycles. The summed E-state index contributed by atoms with van der Waals surface area (Å²) < 4.78 is 4.86. The number of carbonyl (C=O) groups is 4. The first-order chi connectivity index (χ1) is 15.2. The Labute approximate surface area is 185 Å². The van der Waals surface area contributed by atoms with Crippen molar-refractivity contribution >= 4 is 29.4 Å². The zero-order valence-corrected chi connectivity index (χ0v) is 18.1. The van der Waals surface area contributed by atoms with Crippen molar-refractivity contribution < 1.29 is 28.8 Å². The number of esters is 1. The molecular formula is C21H26N4O7. The molecule has 2 heterocycles. The van der Waals surface area contributed by atoms with Gasteiger partial charge in [0.1, 0.15) is 12.1 Å². The maximum Gasteiger partial charge on any atom is 0.326 e. The first kappa shape index (κ1) is 23.3. The molecular weight excluding hydrogens is 420 g/mol. The Morgan fingerprint density at radius 1 is 1.16 bits per heavy atom.